The van der Waals surface area contributed by atoms with E-state index in [0.29, 0.717) is 4.47 Å². The fourth-order valence-corrected chi connectivity index (χ4v) is 3.16. The first-order chi connectivity index (χ1) is 9.69. The van der Waals surface area contributed by atoms with Gasteiger partial charge in [-0.05, 0) is 57.9 Å². The lowest BCUT2D eigenvalue weighted by atomic mass is 10.2. The molecule has 0 saturated heterocycles. The Labute approximate surface area is 132 Å². The van der Waals surface area contributed by atoms with Crippen LogP contribution in [0.2, 0.25) is 0 Å². The Morgan fingerprint density at radius 1 is 1.15 bits per heavy atom. The highest BCUT2D eigenvalue weighted by atomic mass is 79.9. The van der Waals surface area contributed by atoms with Crippen LogP contribution >= 0.6 is 27.7 Å². The molecule has 1 N–H and O–H groups in total. The van der Waals surface area contributed by atoms with Crippen molar-refractivity contribution in [2.24, 2.45) is 0 Å². The predicted octanol–water partition coefficient (Wildman–Crippen LogP) is 4.99. The molecule has 20 heavy (non-hydrogen) atoms. The van der Waals surface area contributed by atoms with Crippen LogP contribution in [-0.2, 0) is 12.3 Å². The van der Waals surface area contributed by atoms with Crippen LogP contribution in [0, 0.1) is 5.82 Å². The number of hydrogen-bond donors (Lipinski definition) is 1. The third kappa shape index (κ3) is 4.62. The summed E-state index contributed by atoms with van der Waals surface area (Å²) in [6.07, 6.45) is 0. The van der Waals surface area contributed by atoms with Crippen molar-refractivity contribution in [3.8, 4) is 0 Å². The largest absolute Gasteiger partial charge is 0.313 e. The molecule has 0 fully saturated rings. The average molecular weight is 354 g/mol. The van der Waals surface area contributed by atoms with Crippen LogP contribution in [0.5, 0.6) is 0 Å². The van der Waals surface area contributed by atoms with E-state index in [-0.39, 0.29) is 5.82 Å². The van der Waals surface area contributed by atoms with Crippen molar-refractivity contribution in [2.75, 3.05) is 6.54 Å². The molecule has 0 unspecified atom stereocenters. The first-order valence-electron chi connectivity index (χ1n) is 6.55. The zero-order valence-electron chi connectivity index (χ0n) is 11.3. The molecule has 0 spiro atoms. The van der Waals surface area contributed by atoms with Crippen molar-refractivity contribution < 1.29 is 4.39 Å². The molecule has 2 rings (SSSR count). The molecule has 0 heterocycles. The Balaban J connectivity index is 1.97. The maximum absolute atomic E-state index is 13.2. The fourth-order valence-electron chi connectivity index (χ4n) is 1.81. The highest BCUT2D eigenvalue weighted by Crippen LogP contribution is 2.26. The molecule has 1 nitrogen and oxygen atoms in total. The lowest BCUT2D eigenvalue weighted by Gasteiger charge is -2.06. The molecule has 0 aliphatic heterocycles. The van der Waals surface area contributed by atoms with Crippen molar-refractivity contribution in [1.82, 2.24) is 5.32 Å². The lowest BCUT2D eigenvalue weighted by Crippen LogP contribution is -2.11. The summed E-state index contributed by atoms with van der Waals surface area (Å²) in [5.41, 5.74) is 2.40. The summed E-state index contributed by atoms with van der Waals surface area (Å²) in [5.74, 6) is 0.621. The molecule has 0 radical (unpaired) electrons. The van der Waals surface area contributed by atoms with E-state index in [1.165, 1.54) is 16.5 Å². The SMILES string of the molecule is CCNCc1cccc(SCc2ccc(F)c(Br)c2)c1. The molecule has 0 amide bonds. The molecular weight excluding hydrogens is 337 g/mol. The van der Waals surface area contributed by atoms with Crippen LogP contribution in [0.4, 0.5) is 4.39 Å². The van der Waals surface area contributed by atoms with E-state index in [1.807, 2.05) is 12.1 Å². The monoisotopic (exact) mass is 353 g/mol. The zero-order valence-corrected chi connectivity index (χ0v) is 13.7. The molecule has 0 aromatic heterocycles. The minimum atomic E-state index is -0.216. The third-order valence-corrected chi connectivity index (χ3v) is 4.54. The van der Waals surface area contributed by atoms with E-state index in [2.05, 4.69) is 52.4 Å². The van der Waals surface area contributed by atoms with Gasteiger partial charge in [-0.15, -0.1) is 11.8 Å². The second-order valence-electron chi connectivity index (χ2n) is 4.46. The molecule has 106 valence electrons. The molecule has 0 bridgehead atoms. The van der Waals surface area contributed by atoms with Crippen LogP contribution in [-0.4, -0.2) is 6.54 Å². The van der Waals surface area contributed by atoms with Gasteiger partial charge in [0.25, 0.3) is 0 Å². The number of benzene rings is 2. The van der Waals surface area contributed by atoms with E-state index in [0.717, 1.165) is 24.4 Å². The van der Waals surface area contributed by atoms with Crippen molar-refractivity contribution >= 4 is 27.7 Å². The Bertz CT molecular complexity index is 574. The highest BCUT2D eigenvalue weighted by molar-refractivity contribution is 9.10. The Morgan fingerprint density at radius 2 is 2.00 bits per heavy atom. The Kier molecular flexibility index (Phi) is 6.07. The summed E-state index contributed by atoms with van der Waals surface area (Å²) in [4.78, 5) is 1.24. The van der Waals surface area contributed by atoms with Crippen LogP contribution in [0.1, 0.15) is 18.1 Å². The molecule has 0 aliphatic carbocycles. The summed E-state index contributed by atoms with van der Waals surface area (Å²) >= 11 is 4.98. The third-order valence-electron chi connectivity index (χ3n) is 2.87. The topological polar surface area (TPSA) is 12.0 Å². The Hall–Kier alpha value is -0.840. The lowest BCUT2D eigenvalue weighted by molar-refractivity contribution is 0.620. The fraction of sp³-hybridized carbons (Fsp3) is 0.250. The molecule has 4 heteroatoms. The predicted molar refractivity (Wildman–Crippen MR) is 87.5 cm³/mol. The normalized spacial score (nSPS) is 10.8. The van der Waals surface area contributed by atoms with Gasteiger partial charge in [0, 0.05) is 17.2 Å². The molecule has 0 atom stereocenters. The van der Waals surface area contributed by atoms with Gasteiger partial charge in [-0.2, -0.15) is 0 Å². The zero-order chi connectivity index (χ0) is 14.4. The maximum Gasteiger partial charge on any atom is 0.137 e. The van der Waals surface area contributed by atoms with E-state index < -0.39 is 0 Å². The quantitative estimate of drug-likeness (QED) is 0.734. The van der Waals surface area contributed by atoms with Crippen LogP contribution in [0.15, 0.2) is 51.8 Å². The number of halogens is 2. The molecule has 2 aromatic rings. The van der Waals surface area contributed by atoms with Gasteiger partial charge in [-0.1, -0.05) is 25.1 Å². The smallest absolute Gasteiger partial charge is 0.137 e. The number of hydrogen-bond acceptors (Lipinski definition) is 2. The number of rotatable bonds is 6. The number of thioether (sulfide) groups is 1. The second-order valence-corrected chi connectivity index (χ2v) is 6.37. The minimum Gasteiger partial charge on any atom is -0.313 e. The van der Waals surface area contributed by atoms with E-state index in [9.17, 15) is 4.39 Å². The van der Waals surface area contributed by atoms with Crippen LogP contribution < -0.4 is 5.32 Å². The highest BCUT2D eigenvalue weighted by Gasteiger charge is 2.02. The van der Waals surface area contributed by atoms with Gasteiger partial charge in [0.1, 0.15) is 5.82 Å². The van der Waals surface area contributed by atoms with Gasteiger partial charge in [-0.3, -0.25) is 0 Å². The summed E-state index contributed by atoms with van der Waals surface area (Å²) in [6.45, 7) is 3.97. The van der Waals surface area contributed by atoms with Gasteiger partial charge in [-0.25, -0.2) is 4.39 Å². The molecule has 0 saturated carbocycles. The van der Waals surface area contributed by atoms with Gasteiger partial charge >= 0.3 is 0 Å². The standard InChI is InChI=1S/C16H17BrFNS/c1-2-19-10-12-4-3-5-14(8-12)20-11-13-6-7-16(18)15(17)9-13/h3-9,19H,2,10-11H2,1H3. The van der Waals surface area contributed by atoms with Gasteiger partial charge in [0.2, 0.25) is 0 Å². The van der Waals surface area contributed by atoms with Crippen molar-refractivity contribution in [3.63, 3.8) is 0 Å². The average Bonchev–Trinajstić information content (AvgIpc) is 2.47. The summed E-state index contributed by atoms with van der Waals surface area (Å²) in [5, 5.41) is 3.32. The summed E-state index contributed by atoms with van der Waals surface area (Å²) in [7, 11) is 0. The number of nitrogens with one attached hydrogen (secondary N) is 1. The summed E-state index contributed by atoms with van der Waals surface area (Å²) in [6, 6.07) is 13.7. The second kappa shape index (κ2) is 7.81. The van der Waals surface area contributed by atoms with Gasteiger partial charge < -0.3 is 5.32 Å². The maximum atomic E-state index is 13.2. The van der Waals surface area contributed by atoms with Crippen LogP contribution in [0.3, 0.4) is 0 Å². The summed E-state index contributed by atoms with van der Waals surface area (Å²) < 4.78 is 13.7. The molecular formula is C16H17BrFNS. The molecule has 0 aliphatic rings. The van der Waals surface area contributed by atoms with Gasteiger partial charge in [0.15, 0.2) is 0 Å². The van der Waals surface area contributed by atoms with E-state index in [4.69, 9.17) is 0 Å². The van der Waals surface area contributed by atoms with Crippen molar-refractivity contribution in [1.29, 1.82) is 0 Å². The van der Waals surface area contributed by atoms with Gasteiger partial charge in [0.05, 0.1) is 4.47 Å². The Morgan fingerprint density at radius 3 is 2.75 bits per heavy atom. The van der Waals surface area contributed by atoms with E-state index >= 15 is 0 Å². The first kappa shape index (κ1) is 15.5. The van der Waals surface area contributed by atoms with E-state index in [1.54, 1.807) is 11.8 Å². The van der Waals surface area contributed by atoms with Crippen molar-refractivity contribution in [2.45, 2.75) is 24.1 Å². The molecule has 2 aromatic carbocycles. The first-order valence-corrected chi connectivity index (χ1v) is 8.33. The van der Waals surface area contributed by atoms with Crippen molar-refractivity contribution in [3.05, 3.63) is 63.9 Å². The minimum absolute atomic E-state index is 0.216. The van der Waals surface area contributed by atoms with Crippen LogP contribution in [0.25, 0.3) is 0 Å².